The fraction of sp³-hybridized carbons (Fsp3) is 0.316. The first-order chi connectivity index (χ1) is 14.3. The van der Waals surface area contributed by atoms with E-state index in [1.807, 2.05) is 13.8 Å². The van der Waals surface area contributed by atoms with Gasteiger partial charge in [0, 0.05) is 0 Å². The number of ether oxygens (including phenoxy) is 1. The van der Waals surface area contributed by atoms with Gasteiger partial charge in [0.25, 0.3) is 0 Å². The van der Waals surface area contributed by atoms with E-state index in [-0.39, 0.29) is 12.4 Å². The van der Waals surface area contributed by atoms with Crippen LogP contribution in [0.2, 0.25) is 0 Å². The summed E-state index contributed by atoms with van der Waals surface area (Å²) >= 11 is 0. The molecule has 0 aliphatic rings. The highest BCUT2D eigenvalue weighted by atomic mass is 31.2. The molecule has 1 unspecified atom stereocenters. The molecule has 0 saturated carbocycles. The number of para-hydroxylation sites is 1. The van der Waals surface area contributed by atoms with E-state index < -0.39 is 55.9 Å². The second kappa shape index (κ2) is 13.0. The van der Waals surface area contributed by atoms with E-state index in [4.69, 9.17) is 13.8 Å². The van der Waals surface area contributed by atoms with Gasteiger partial charge in [-0.1, -0.05) is 39.0 Å². The summed E-state index contributed by atoms with van der Waals surface area (Å²) in [5, 5.41) is 2.41. The molecule has 0 saturated heterocycles. The number of hydrogen-bond acceptors (Lipinski definition) is 5. The summed E-state index contributed by atoms with van der Waals surface area (Å²) in [4.78, 5) is 11.6. The minimum atomic E-state index is -2.51. The first-order valence-electron chi connectivity index (χ1n) is 8.96. The summed E-state index contributed by atoms with van der Waals surface area (Å²) < 4.78 is 82.7. The quantitative estimate of drug-likeness (QED) is 0.175. The molecule has 2 aromatic rings. The third kappa shape index (κ3) is 7.11. The molecule has 5 nitrogen and oxygen atoms in total. The zero-order chi connectivity index (χ0) is 22.7. The summed E-state index contributed by atoms with van der Waals surface area (Å²) in [6.07, 6.45) is 0.572. The molecule has 0 aromatic heterocycles. The van der Waals surface area contributed by atoms with Gasteiger partial charge in [0.15, 0.2) is 0 Å². The number of halogens is 5. The molecule has 0 heterocycles. The van der Waals surface area contributed by atoms with Crippen molar-refractivity contribution in [2.75, 3.05) is 13.2 Å². The summed E-state index contributed by atoms with van der Waals surface area (Å²) in [5.74, 6) is -13.0. The summed E-state index contributed by atoms with van der Waals surface area (Å²) in [7, 11) is -2.51. The van der Waals surface area contributed by atoms with Gasteiger partial charge in [-0.05, 0) is 18.6 Å². The molecule has 0 bridgehead atoms. The minimum Gasteiger partial charge on any atom is -0.465 e. The maximum Gasteiger partial charge on any atom is 0.382 e. The lowest BCUT2D eigenvalue weighted by Gasteiger charge is -2.19. The molecule has 0 aliphatic carbocycles. The van der Waals surface area contributed by atoms with Gasteiger partial charge in [0.05, 0.1) is 6.61 Å². The van der Waals surface area contributed by atoms with Crippen molar-refractivity contribution < 1.29 is 40.5 Å². The molecular formula is C19H21F5NO4P. The summed E-state index contributed by atoms with van der Waals surface area (Å²) in [5.41, 5.74) is 0. The smallest absolute Gasteiger partial charge is 0.382 e. The average Bonchev–Trinajstić information content (AvgIpc) is 2.78. The lowest BCUT2D eigenvalue weighted by atomic mass is 10.3. The first kappa shape index (κ1) is 25.6. The topological polar surface area (TPSA) is 56.8 Å². The number of carbonyl (C=O) groups excluding carboxylic acids is 1. The van der Waals surface area contributed by atoms with Crippen molar-refractivity contribution >= 4 is 14.5 Å². The summed E-state index contributed by atoms with van der Waals surface area (Å²) in [6, 6.07) is 7.76. The largest absolute Gasteiger partial charge is 0.465 e. The van der Waals surface area contributed by atoms with Gasteiger partial charge in [0.2, 0.25) is 34.8 Å². The second-order valence-corrected chi connectivity index (χ2v) is 6.40. The Morgan fingerprint density at radius 2 is 1.43 bits per heavy atom. The molecule has 0 amide bonds. The van der Waals surface area contributed by atoms with Crippen LogP contribution in [0.3, 0.4) is 0 Å². The molecule has 0 radical (unpaired) electrons. The van der Waals surface area contributed by atoms with Crippen LogP contribution < -0.4 is 14.1 Å². The van der Waals surface area contributed by atoms with Crippen molar-refractivity contribution in [1.29, 1.82) is 0 Å². The molecule has 1 N–H and O–H groups in total. The Labute approximate surface area is 172 Å². The third-order valence-corrected chi connectivity index (χ3v) is 4.24. The van der Waals surface area contributed by atoms with Gasteiger partial charge in [-0.25, -0.2) is 18.3 Å². The highest BCUT2D eigenvalue weighted by molar-refractivity contribution is 7.45. The van der Waals surface area contributed by atoms with E-state index in [2.05, 4.69) is 5.09 Å². The fourth-order valence-corrected chi connectivity index (χ4v) is 2.87. The van der Waals surface area contributed by atoms with Crippen molar-refractivity contribution in [1.82, 2.24) is 5.09 Å². The van der Waals surface area contributed by atoms with Gasteiger partial charge in [-0.3, -0.25) is 4.79 Å². The molecule has 0 aliphatic heterocycles. The highest BCUT2D eigenvalue weighted by Gasteiger charge is 2.30. The second-order valence-electron chi connectivity index (χ2n) is 5.21. The van der Waals surface area contributed by atoms with Gasteiger partial charge in [0.1, 0.15) is 12.3 Å². The van der Waals surface area contributed by atoms with Crippen LogP contribution in [-0.2, 0) is 9.53 Å². The zero-order valence-electron chi connectivity index (χ0n) is 16.5. The van der Waals surface area contributed by atoms with Gasteiger partial charge < -0.3 is 13.8 Å². The van der Waals surface area contributed by atoms with Gasteiger partial charge in [-0.15, -0.1) is 0 Å². The van der Waals surface area contributed by atoms with Crippen LogP contribution in [0.25, 0.3) is 0 Å². The van der Waals surface area contributed by atoms with E-state index in [1.54, 1.807) is 25.1 Å². The van der Waals surface area contributed by atoms with Gasteiger partial charge in [-0.2, -0.15) is 8.78 Å². The molecule has 30 heavy (non-hydrogen) atoms. The highest BCUT2D eigenvalue weighted by Crippen LogP contribution is 2.40. The Kier molecular flexibility index (Phi) is 11.1. The monoisotopic (exact) mass is 453 g/mol. The van der Waals surface area contributed by atoms with Crippen molar-refractivity contribution in [2.24, 2.45) is 0 Å². The van der Waals surface area contributed by atoms with E-state index >= 15 is 0 Å². The molecule has 1 atom stereocenters. The Hall–Kier alpha value is -2.45. The van der Waals surface area contributed by atoms with Crippen molar-refractivity contribution in [3.8, 4) is 11.5 Å². The minimum absolute atomic E-state index is 0.149. The summed E-state index contributed by atoms with van der Waals surface area (Å²) in [6.45, 7) is 5.45. The predicted octanol–water partition coefficient (Wildman–Crippen LogP) is 5.64. The van der Waals surface area contributed by atoms with Crippen LogP contribution in [0.15, 0.2) is 30.3 Å². The number of benzene rings is 2. The van der Waals surface area contributed by atoms with Gasteiger partial charge >= 0.3 is 14.5 Å². The predicted molar refractivity (Wildman–Crippen MR) is 101 cm³/mol. The lowest BCUT2D eigenvalue weighted by Crippen LogP contribution is -2.24. The first-order valence-corrected chi connectivity index (χ1v) is 10.1. The Morgan fingerprint density at radius 1 is 0.900 bits per heavy atom. The number of carbonyl (C=O) groups is 1. The maximum absolute atomic E-state index is 13.9. The lowest BCUT2D eigenvalue weighted by molar-refractivity contribution is -0.142. The number of rotatable bonds is 9. The number of esters is 1. The SMILES string of the molecule is CC.CCCOC(=O)CNP(Oc1ccccc1)Oc1c(F)c(F)c(F)c(F)c1F. The Balaban J connectivity index is 0.00000218. The van der Waals surface area contributed by atoms with Crippen LogP contribution >= 0.6 is 8.53 Å². The van der Waals surface area contributed by atoms with Crippen LogP contribution in [0.1, 0.15) is 27.2 Å². The van der Waals surface area contributed by atoms with Crippen molar-refractivity contribution in [2.45, 2.75) is 27.2 Å². The standard InChI is InChI=1S/C17H15F5NO4P.C2H6/c1-2-8-25-11(24)9-23-28(26-10-6-4-3-5-7-10)27-17-15(21)13(19)12(18)14(20)16(17)22;1-2/h3-7,23H,2,8-9H2,1H3;1-2H3. The molecular weight excluding hydrogens is 432 g/mol. The molecule has 2 rings (SSSR count). The molecule has 0 spiro atoms. The molecule has 11 heteroatoms. The van der Waals surface area contributed by atoms with Crippen molar-refractivity contribution in [3.05, 3.63) is 59.4 Å². The van der Waals surface area contributed by atoms with Crippen LogP contribution in [0, 0.1) is 29.1 Å². The molecule has 2 aromatic carbocycles. The Bertz CT molecular complexity index is 797. The number of nitrogens with one attached hydrogen (secondary N) is 1. The van der Waals surface area contributed by atoms with Crippen molar-refractivity contribution in [3.63, 3.8) is 0 Å². The third-order valence-electron chi connectivity index (χ3n) is 3.09. The van der Waals surface area contributed by atoms with Crippen LogP contribution in [-0.4, -0.2) is 19.1 Å². The zero-order valence-corrected chi connectivity index (χ0v) is 17.4. The van der Waals surface area contributed by atoms with E-state index in [0.29, 0.717) is 6.42 Å². The maximum atomic E-state index is 13.9. The van der Waals surface area contributed by atoms with E-state index in [9.17, 15) is 26.7 Å². The Morgan fingerprint density at radius 3 is 1.97 bits per heavy atom. The van der Waals surface area contributed by atoms with E-state index in [0.717, 1.165) is 0 Å². The fourth-order valence-electron chi connectivity index (χ4n) is 1.80. The molecule has 0 fully saturated rings. The normalized spacial score (nSPS) is 11.2. The molecule has 166 valence electrons. The average molecular weight is 453 g/mol. The van der Waals surface area contributed by atoms with Crippen LogP contribution in [0.4, 0.5) is 22.0 Å². The van der Waals surface area contributed by atoms with E-state index in [1.165, 1.54) is 12.1 Å². The van der Waals surface area contributed by atoms with Crippen LogP contribution in [0.5, 0.6) is 11.5 Å². The number of hydrogen-bond donors (Lipinski definition) is 1.